The molecule has 0 saturated heterocycles. The molecule has 0 aliphatic rings. The highest BCUT2D eigenvalue weighted by Gasteiger charge is 2.18. The number of hydrogen-bond acceptors (Lipinski definition) is 5. The first-order valence-electron chi connectivity index (χ1n) is 6.63. The van der Waals surface area contributed by atoms with E-state index in [1.165, 1.54) is 11.3 Å². The van der Waals surface area contributed by atoms with Crippen molar-refractivity contribution < 1.29 is 8.42 Å². The number of nitrogens with one attached hydrogen (secondary N) is 2. The molecule has 0 spiro atoms. The molecular weight excluding hydrogens is 322 g/mol. The van der Waals surface area contributed by atoms with E-state index in [0.717, 1.165) is 10.5 Å². The van der Waals surface area contributed by atoms with E-state index in [4.69, 9.17) is 0 Å². The van der Waals surface area contributed by atoms with Gasteiger partial charge in [0.15, 0.2) is 0 Å². The van der Waals surface area contributed by atoms with Gasteiger partial charge in [0.2, 0.25) is 4.96 Å². The van der Waals surface area contributed by atoms with Gasteiger partial charge in [0.25, 0.3) is 10.2 Å². The molecule has 0 radical (unpaired) electrons. The number of fused-ring (bicyclic) bond motifs is 1. The fourth-order valence-electron chi connectivity index (χ4n) is 1.97. The second kappa shape index (κ2) is 6.13. The predicted octanol–water partition coefficient (Wildman–Crippen LogP) is 1.48. The second-order valence-electron chi connectivity index (χ2n) is 4.78. The summed E-state index contributed by atoms with van der Waals surface area (Å²) >= 11 is 1.40. The van der Waals surface area contributed by atoms with Gasteiger partial charge >= 0.3 is 0 Å². The first kappa shape index (κ1) is 15.1. The zero-order chi connectivity index (χ0) is 15.6. The molecule has 0 aliphatic heterocycles. The van der Waals surface area contributed by atoms with E-state index < -0.39 is 16.3 Å². The van der Waals surface area contributed by atoms with Crippen molar-refractivity contribution in [3.63, 3.8) is 0 Å². The van der Waals surface area contributed by atoms with Crippen molar-refractivity contribution in [3.8, 4) is 0 Å². The Bertz CT molecular complexity index is 828. The summed E-state index contributed by atoms with van der Waals surface area (Å²) in [6.07, 6.45) is 1.72. The summed E-state index contributed by atoms with van der Waals surface area (Å²) < 4.78 is 30.8. The van der Waals surface area contributed by atoms with Crippen LogP contribution in [0.25, 0.3) is 4.96 Å². The highest BCUT2D eigenvalue weighted by molar-refractivity contribution is 7.87. The molecule has 7 nitrogen and oxygen atoms in total. The molecule has 0 aliphatic carbocycles. The molecule has 2 aromatic heterocycles. The minimum absolute atomic E-state index is 0.239. The average Bonchev–Trinajstić information content (AvgIpc) is 3.07. The molecule has 1 atom stereocenters. The second-order valence-corrected chi connectivity index (χ2v) is 7.12. The lowest BCUT2D eigenvalue weighted by Crippen LogP contribution is -2.37. The van der Waals surface area contributed by atoms with Crippen LogP contribution in [-0.4, -0.2) is 23.0 Å². The van der Waals surface area contributed by atoms with Crippen LogP contribution in [-0.2, 0) is 16.8 Å². The van der Waals surface area contributed by atoms with Crippen LogP contribution in [0, 0.1) is 0 Å². The maximum absolute atomic E-state index is 12.1. The largest absolute Gasteiger partial charge is 0.277 e. The fourth-order valence-corrected chi connectivity index (χ4v) is 3.61. The first-order chi connectivity index (χ1) is 10.5. The average molecular weight is 337 g/mol. The number of aromatic nitrogens is 3. The molecule has 3 rings (SSSR count). The van der Waals surface area contributed by atoms with Crippen LogP contribution in [0.15, 0.2) is 42.0 Å². The summed E-state index contributed by atoms with van der Waals surface area (Å²) in [6, 6.07) is 8.90. The van der Waals surface area contributed by atoms with Gasteiger partial charge in [-0.05, 0) is 12.5 Å². The van der Waals surface area contributed by atoms with E-state index in [1.54, 1.807) is 23.1 Å². The van der Waals surface area contributed by atoms with Gasteiger partial charge in [0.1, 0.15) is 5.51 Å². The summed E-state index contributed by atoms with van der Waals surface area (Å²) in [6.45, 7) is 1.98. The minimum Gasteiger partial charge on any atom is -0.221 e. The van der Waals surface area contributed by atoms with Gasteiger partial charge in [-0.15, -0.1) is 0 Å². The predicted molar refractivity (Wildman–Crippen MR) is 84.6 cm³/mol. The summed E-state index contributed by atoms with van der Waals surface area (Å²) in [7, 11) is -3.61. The van der Waals surface area contributed by atoms with Crippen LogP contribution in [0.4, 0.5) is 0 Å². The Kier molecular flexibility index (Phi) is 4.21. The Morgan fingerprint density at radius 1 is 1.32 bits per heavy atom. The van der Waals surface area contributed by atoms with Crippen LogP contribution < -0.4 is 9.44 Å². The van der Waals surface area contributed by atoms with Crippen molar-refractivity contribution in [1.82, 2.24) is 24.0 Å². The zero-order valence-corrected chi connectivity index (χ0v) is 13.4. The topological polar surface area (TPSA) is 88.4 Å². The zero-order valence-electron chi connectivity index (χ0n) is 11.8. The van der Waals surface area contributed by atoms with E-state index in [9.17, 15) is 8.42 Å². The third kappa shape index (κ3) is 3.50. The maximum atomic E-state index is 12.1. The van der Waals surface area contributed by atoms with Crippen molar-refractivity contribution >= 4 is 26.5 Å². The van der Waals surface area contributed by atoms with Gasteiger partial charge in [-0.2, -0.15) is 23.0 Å². The molecule has 0 bridgehead atoms. The van der Waals surface area contributed by atoms with E-state index in [0.29, 0.717) is 5.69 Å². The van der Waals surface area contributed by atoms with Gasteiger partial charge in [0, 0.05) is 6.54 Å². The summed E-state index contributed by atoms with van der Waals surface area (Å²) in [5.41, 5.74) is 3.21. The molecule has 22 heavy (non-hydrogen) atoms. The van der Waals surface area contributed by atoms with Crippen LogP contribution in [0.2, 0.25) is 0 Å². The molecule has 1 unspecified atom stereocenters. The quantitative estimate of drug-likeness (QED) is 0.713. The molecule has 3 aromatic rings. The summed E-state index contributed by atoms with van der Waals surface area (Å²) in [5, 5.41) is 4.07. The van der Waals surface area contributed by atoms with Gasteiger partial charge in [-0.3, -0.25) is 0 Å². The van der Waals surface area contributed by atoms with Gasteiger partial charge in [0.05, 0.1) is 17.9 Å². The molecule has 2 N–H and O–H groups in total. The SMILES string of the molecule is CC(NS(=O)(=O)NCc1ccccc1)c1cn2ncsc2n1. The van der Waals surface area contributed by atoms with Crippen molar-refractivity contribution in [3.05, 3.63) is 53.3 Å². The lowest BCUT2D eigenvalue weighted by atomic mass is 10.2. The molecule has 9 heteroatoms. The van der Waals surface area contributed by atoms with Crippen LogP contribution >= 0.6 is 11.3 Å². The highest BCUT2D eigenvalue weighted by Crippen LogP contribution is 2.15. The van der Waals surface area contributed by atoms with E-state index in [2.05, 4.69) is 19.5 Å². The lowest BCUT2D eigenvalue weighted by molar-refractivity contribution is 0.549. The molecule has 1 aromatic carbocycles. The van der Waals surface area contributed by atoms with Crippen LogP contribution in [0.3, 0.4) is 0 Å². The smallest absolute Gasteiger partial charge is 0.221 e. The Balaban J connectivity index is 1.64. The van der Waals surface area contributed by atoms with Crippen molar-refractivity contribution in [2.24, 2.45) is 0 Å². The third-order valence-electron chi connectivity index (χ3n) is 3.09. The van der Waals surface area contributed by atoms with E-state index in [1.807, 2.05) is 30.3 Å². The van der Waals surface area contributed by atoms with Crippen molar-refractivity contribution in [2.45, 2.75) is 19.5 Å². The van der Waals surface area contributed by atoms with E-state index in [-0.39, 0.29) is 6.54 Å². The van der Waals surface area contributed by atoms with Gasteiger partial charge in [-0.1, -0.05) is 41.7 Å². The van der Waals surface area contributed by atoms with E-state index >= 15 is 0 Å². The van der Waals surface area contributed by atoms with Crippen LogP contribution in [0.5, 0.6) is 0 Å². The molecule has 0 saturated carbocycles. The van der Waals surface area contributed by atoms with Crippen molar-refractivity contribution in [2.75, 3.05) is 0 Å². The summed E-state index contributed by atoms with van der Waals surface area (Å²) in [5.74, 6) is 0. The number of benzene rings is 1. The molecular formula is C13H15N5O2S2. The van der Waals surface area contributed by atoms with Crippen molar-refractivity contribution in [1.29, 1.82) is 0 Å². The van der Waals surface area contributed by atoms with Gasteiger partial charge in [-0.25, -0.2) is 9.50 Å². The Morgan fingerprint density at radius 3 is 2.82 bits per heavy atom. The number of imidazole rings is 1. The molecule has 0 fully saturated rings. The Morgan fingerprint density at radius 2 is 2.09 bits per heavy atom. The molecule has 2 heterocycles. The first-order valence-corrected chi connectivity index (χ1v) is 8.99. The van der Waals surface area contributed by atoms with Crippen LogP contribution in [0.1, 0.15) is 24.2 Å². The normalized spacial score (nSPS) is 13.5. The number of hydrogen-bond donors (Lipinski definition) is 2. The Hall–Kier alpha value is -1.81. The minimum atomic E-state index is -3.61. The standard InChI is InChI=1S/C13H15N5O2S2/c1-10(12-8-18-13(16-12)21-9-14-18)17-22(19,20)15-7-11-5-3-2-4-6-11/h2-6,8-10,15,17H,7H2,1H3. The fraction of sp³-hybridized carbons (Fsp3) is 0.231. The highest BCUT2D eigenvalue weighted by atomic mass is 32.2. The Labute approximate surface area is 132 Å². The summed E-state index contributed by atoms with van der Waals surface area (Å²) in [4.78, 5) is 5.07. The molecule has 0 amide bonds. The third-order valence-corrected chi connectivity index (χ3v) is 4.97. The lowest BCUT2D eigenvalue weighted by Gasteiger charge is -2.12. The number of nitrogens with zero attached hydrogens (tertiary/aromatic N) is 3. The molecule has 116 valence electrons. The number of rotatable bonds is 6. The monoisotopic (exact) mass is 337 g/mol. The maximum Gasteiger partial charge on any atom is 0.277 e. The van der Waals surface area contributed by atoms with Gasteiger partial charge < -0.3 is 0 Å².